The predicted molar refractivity (Wildman–Crippen MR) is 73.7 cm³/mol. The van der Waals surface area contributed by atoms with Crippen LogP contribution in [0.3, 0.4) is 0 Å². The summed E-state index contributed by atoms with van der Waals surface area (Å²) in [6.45, 7) is 0. The predicted octanol–water partition coefficient (Wildman–Crippen LogP) is 2.46. The van der Waals surface area contributed by atoms with Crippen molar-refractivity contribution in [2.75, 3.05) is 14.2 Å². The summed E-state index contributed by atoms with van der Waals surface area (Å²) in [5, 5.41) is 10.1. The number of aromatic hydroxyl groups is 1. The maximum Gasteiger partial charge on any atom is 0.131 e. The van der Waals surface area contributed by atoms with Crippen LogP contribution in [0.25, 0.3) is 0 Å². The Morgan fingerprint density at radius 2 is 1.74 bits per heavy atom. The minimum atomic E-state index is -0.456. The molecule has 100 valence electrons. The molecule has 0 aliphatic rings. The van der Waals surface area contributed by atoms with Gasteiger partial charge in [0.15, 0.2) is 0 Å². The first kappa shape index (κ1) is 13.2. The van der Waals surface area contributed by atoms with Crippen molar-refractivity contribution in [1.29, 1.82) is 0 Å². The first-order valence-electron chi connectivity index (χ1n) is 5.92. The van der Waals surface area contributed by atoms with Gasteiger partial charge in [-0.05, 0) is 5.56 Å². The van der Waals surface area contributed by atoms with Crippen molar-refractivity contribution < 1.29 is 14.6 Å². The van der Waals surface area contributed by atoms with Crippen LogP contribution in [0.5, 0.6) is 17.2 Å². The molecule has 0 bridgehead atoms. The Morgan fingerprint density at radius 1 is 1.05 bits per heavy atom. The lowest BCUT2D eigenvalue weighted by Crippen LogP contribution is -2.13. The average Bonchev–Trinajstić information content (AvgIpc) is 2.46. The smallest absolute Gasteiger partial charge is 0.131 e. The van der Waals surface area contributed by atoms with E-state index in [2.05, 4.69) is 0 Å². The number of phenols is 1. The van der Waals surface area contributed by atoms with E-state index in [9.17, 15) is 5.11 Å². The van der Waals surface area contributed by atoms with Gasteiger partial charge in [-0.2, -0.15) is 0 Å². The fourth-order valence-electron chi connectivity index (χ4n) is 2.01. The molecule has 2 aromatic rings. The first-order chi connectivity index (χ1) is 9.17. The van der Waals surface area contributed by atoms with Crippen LogP contribution in [-0.4, -0.2) is 19.3 Å². The number of hydrogen-bond donors (Lipinski definition) is 2. The van der Waals surface area contributed by atoms with Gasteiger partial charge in [0.25, 0.3) is 0 Å². The highest BCUT2D eigenvalue weighted by Gasteiger charge is 2.19. The molecule has 4 heteroatoms. The molecule has 1 unspecified atom stereocenters. The Labute approximate surface area is 112 Å². The third-order valence-corrected chi connectivity index (χ3v) is 3.02. The number of benzene rings is 2. The normalized spacial score (nSPS) is 11.9. The van der Waals surface area contributed by atoms with Crippen LogP contribution in [0.2, 0.25) is 0 Å². The summed E-state index contributed by atoms with van der Waals surface area (Å²) in [7, 11) is 3.07. The molecule has 1 atom stereocenters. The topological polar surface area (TPSA) is 64.7 Å². The Kier molecular flexibility index (Phi) is 3.92. The number of phenolic OH excluding ortho intramolecular Hbond substituents is 1. The monoisotopic (exact) mass is 259 g/mol. The fourth-order valence-corrected chi connectivity index (χ4v) is 2.01. The number of hydrogen-bond acceptors (Lipinski definition) is 4. The highest BCUT2D eigenvalue weighted by atomic mass is 16.5. The van der Waals surface area contributed by atoms with Crippen molar-refractivity contribution in [2.45, 2.75) is 6.04 Å². The van der Waals surface area contributed by atoms with E-state index in [-0.39, 0.29) is 5.75 Å². The molecule has 0 aliphatic heterocycles. The van der Waals surface area contributed by atoms with E-state index in [0.29, 0.717) is 17.1 Å². The molecule has 0 saturated carbocycles. The molecule has 2 aromatic carbocycles. The van der Waals surface area contributed by atoms with E-state index in [4.69, 9.17) is 15.2 Å². The van der Waals surface area contributed by atoms with Crippen LogP contribution in [0.15, 0.2) is 42.5 Å². The van der Waals surface area contributed by atoms with Gasteiger partial charge in [0.05, 0.1) is 25.8 Å². The summed E-state index contributed by atoms with van der Waals surface area (Å²) in [5.74, 6) is 1.10. The van der Waals surface area contributed by atoms with Crippen molar-refractivity contribution in [1.82, 2.24) is 0 Å². The van der Waals surface area contributed by atoms with E-state index in [0.717, 1.165) is 5.56 Å². The highest BCUT2D eigenvalue weighted by Crippen LogP contribution is 2.38. The zero-order valence-electron chi connectivity index (χ0n) is 11.0. The Hall–Kier alpha value is -2.20. The average molecular weight is 259 g/mol. The van der Waals surface area contributed by atoms with Crippen molar-refractivity contribution in [3.8, 4) is 17.2 Å². The summed E-state index contributed by atoms with van der Waals surface area (Å²) in [6.07, 6.45) is 0. The third kappa shape index (κ3) is 2.63. The number of nitrogens with two attached hydrogens (primary N) is 1. The van der Waals surface area contributed by atoms with Gasteiger partial charge in [-0.1, -0.05) is 30.3 Å². The van der Waals surface area contributed by atoms with Gasteiger partial charge in [-0.25, -0.2) is 0 Å². The van der Waals surface area contributed by atoms with Gasteiger partial charge >= 0.3 is 0 Å². The summed E-state index contributed by atoms with van der Waals surface area (Å²) in [6, 6.07) is 12.3. The summed E-state index contributed by atoms with van der Waals surface area (Å²) >= 11 is 0. The van der Waals surface area contributed by atoms with E-state index < -0.39 is 6.04 Å². The van der Waals surface area contributed by atoms with Crippen LogP contribution < -0.4 is 15.2 Å². The second kappa shape index (κ2) is 5.63. The zero-order valence-corrected chi connectivity index (χ0v) is 11.0. The van der Waals surface area contributed by atoms with Gasteiger partial charge in [0, 0.05) is 12.1 Å². The molecule has 0 amide bonds. The summed E-state index contributed by atoms with van der Waals surface area (Å²) < 4.78 is 10.4. The molecule has 0 aliphatic carbocycles. The highest BCUT2D eigenvalue weighted by molar-refractivity contribution is 5.54. The fraction of sp³-hybridized carbons (Fsp3) is 0.200. The van der Waals surface area contributed by atoms with Gasteiger partial charge in [-0.15, -0.1) is 0 Å². The van der Waals surface area contributed by atoms with Crippen LogP contribution in [-0.2, 0) is 0 Å². The summed E-state index contributed by atoms with van der Waals surface area (Å²) in [4.78, 5) is 0. The molecule has 0 heterocycles. The largest absolute Gasteiger partial charge is 0.507 e. The molecule has 0 saturated heterocycles. The molecular formula is C15H17NO3. The van der Waals surface area contributed by atoms with Gasteiger partial charge < -0.3 is 20.3 Å². The summed E-state index contributed by atoms with van der Waals surface area (Å²) in [5.41, 5.74) is 7.66. The van der Waals surface area contributed by atoms with Crippen molar-refractivity contribution in [2.24, 2.45) is 5.73 Å². The Morgan fingerprint density at radius 3 is 2.32 bits per heavy atom. The lowest BCUT2D eigenvalue weighted by atomic mass is 9.97. The number of rotatable bonds is 4. The van der Waals surface area contributed by atoms with Gasteiger partial charge in [-0.3, -0.25) is 0 Å². The molecule has 0 spiro atoms. The first-order valence-corrected chi connectivity index (χ1v) is 5.92. The Balaban J connectivity index is 2.50. The van der Waals surface area contributed by atoms with Crippen LogP contribution in [0.1, 0.15) is 17.2 Å². The maximum atomic E-state index is 10.1. The van der Waals surface area contributed by atoms with Crippen LogP contribution in [0, 0.1) is 0 Å². The minimum absolute atomic E-state index is 0.0625. The molecule has 0 radical (unpaired) electrons. The third-order valence-electron chi connectivity index (χ3n) is 3.02. The van der Waals surface area contributed by atoms with E-state index in [1.165, 1.54) is 20.3 Å². The standard InChI is InChI=1S/C15H17NO3/c1-18-11-8-12(17)14(13(9-11)19-2)15(16)10-6-4-3-5-7-10/h3-9,15,17H,16H2,1-2H3. The molecule has 0 fully saturated rings. The molecule has 4 nitrogen and oxygen atoms in total. The van der Waals surface area contributed by atoms with Crippen molar-refractivity contribution >= 4 is 0 Å². The number of ether oxygens (including phenoxy) is 2. The quantitative estimate of drug-likeness (QED) is 0.885. The van der Waals surface area contributed by atoms with Gasteiger partial charge in [0.1, 0.15) is 17.2 Å². The van der Waals surface area contributed by atoms with Crippen molar-refractivity contribution in [3.05, 3.63) is 53.6 Å². The number of methoxy groups -OCH3 is 2. The van der Waals surface area contributed by atoms with E-state index in [1.54, 1.807) is 6.07 Å². The maximum absolute atomic E-state index is 10.1. The van der Waals surface area contributed by atoms with Gasteiger partial charge in [0.2, 0.25) is 0 Å². The van der Waals surface area contributed by atoms with Crippen molar-refractivity contribution in [3.63, 3.8) is 0 Å². The zero-order chi connectivity index (χ0) is 13.8. The molecule has 19 heavy (non-hydrogen) atoms. The second-order valence-electron chi connectivity index (χ2n) is 4.15. The van der Waals surface area contributed by atoms with E-state index in [1.807, 2.05) is 30.3 Å². The SMILES string of the molecule is COc1cc(O)c(C(N)c2ccccc2)c(OC)c1. The lowest BCUT2D eigenvalue weighted by molar-refractivity contribution is 0.377. The molecule has 2 rings (SSSR count). The molecule has 3 N–H and O–H groups in total. The Bertz CT molecular complexity index is 555. The van der Waals surface area contributed by atoms with Crippen LogP contribution >= 0.6 is 0 Å². The van der Waals surface area contributed by atoms with Crippen LogP contribution in [0.4, 0.5) is 0 Å². The minimum Gasteiger partial charge on any atom is -0.507 e. The second-order valence-corrected chi connectivity index (χ2v) is 4.15. The molecular weight excluding hydrogens is 242 g/mol. The van der Waals surface area contributed by atoms with E-state index >= 15 is 0 Å². The molecule has 0 aromatic heterocycles. The lowest BCUT2D eigenvalue weighted by Gasteiger charge is -2.18.